The third kappa shape index (κ3) is 4.42. The second-order valence-corrected chi connectivity index (χ2v) is 6.62. The van der Waals surface area contributed by atoms with E-state index in [2.05, 4.69) is 31.1 Å². The molecule has 3 nitrogen and oxygen atoms in total. The number of nitrogens with one attached hydrogen (secondary N) is 1. The summed E-state index contributed by atoms with van der Waals surface area (Å²) in [7, 11) is 0. The van der Waals surface area contributed by atoms with Gasteiger partial charge in [-0.05, 0) is 30.9 Å². The summed E-state index contributed by atoms with van der Waals surface area (Å²) in [5.74, 6) is 0.914. The van der Waals surface area contributed by atoms with Gasteiger partial charge >= 0.3 is 0 Å². The van der Waals surface area contributed by atoms with Crippen molar-refractivity contribution >= 4 is 16.9 Å². The van der Waals surface area contributed by atoms with Crippen LogP contribution < -0.4 is 5.32 Å². The van der Waals surface area contributed by atoms with E-state index in [4.69, 9.17) is 4.98 Å². The van der Waals surface area contributed by atoms with Crippen molar-refractivity contribution in [3.05, 3.63) is 30.0 Å². The van der Waals surface area contributed by atoms with Crippen LogP contribution in [0.25, 0.3) is 11.0 Å². The van der Waals surface area contributed by atoms with E-state index in [1.807, 2.05) is 31.2 Å². The number of rotatable bonds is 7. The number of unbranched alkanes of at least 4 members (excludes halogenated alkanes) is 2. The molecule has 0 fully saturated rings. The molecule has 1 heterocycles. The van der Waals surface area contributed by atoms with Crippen molar-refractivity contribution in [2.75, 3.05) is 11.9 Å². The quantitative estimate of drug-likeness (QED) is 0.731. The van der Waals surface area contributed by atoms with Gasteiger partial charge in [0.1, 0.15) is 5.82 Å². The van der Waals surface area contributed by atoms with Crippen LogP contribution in [-0.2, 0) is 0 Å². The number of aryl methyl sites for hydroxylation is 1. The topological polar surface area (TPSA) is 37.8 Å². The van der Waals surface area contributed by atoms with Gasteiger partial charge in [-0.1, -0.05) is 52.2 Å². The first kappa shape index (κ1) is 15.7. The molecule has 0 saturated carbocycles. The summed E-state index contributed by atoms with van der Waals surface area (Å²) >= 11 is 0. The Balaban J connectivity index is 2.04. The Morgan fingerprint density at radius 2 is 1.71 bits per heavy atom. The number of benzene rings is 1. The maximum Gasteiger partial charge on any atom is 0.148 e. The SMILES string of the molecule is CCCCCC(C)(C)CNc1nc2ccccc2nc1C. The highest BCUT2D eigenvalue weighted by molar-refractivity contribution is 5.76. The van der Waals surface area contributed by atoms with Crippen molar-refractivity contribution in [1.29, 1.82) is 0 Å². The molecule has 2 rings (SSSR count). The van der Waals surface area contributed by atoms with Gasteiger partial charge in [-0.25, -0.2) is 9.97 Å². The van der Waals surface area contributed by atoms with Gasteiger partial charge < -0.3 is 5.32 Å². The van der Waals surface area contributed by atoms with Crippen molar-refractivity contribution in [3.8, 4) is 0 Å². The standard InChI is InChI=1S/C18H27N3/c1-5-6-9-12-18(3,4)13-19-17-14(2)20-15-10-7-8-11-16(15)21-17/h7-8,10-11H,5-6,9,12-13H2,1-4H3,(H,19,21). The summed E-state index contributed by atoms with van der Waals surface area (Å²) in [5.41, 5.74) is 3.17. The minimum atomic E-state index is 0.287. The monoisotopic (exact) mass is 285 g/mol. The number of anilines is 1. The Labute approximate surface area is 128 Å². The molecule has 1 N–H and O–H groups in total. The first-order valence-electron chi connectivity index (χ1n) is 7.99. The first-order chi connectivity index (χ1) is 10.0. The van der Waals surface area contributed by atoms with Gasteiger partial charge in [0.2, 0.25) is 0 Å². The van der Waals surface area contributed by atoms with Crippen LogP contribution in [0.3, 0.4) is 0 Å². The number of fused-ring (bicyclic) bond motifs is 1. The van der Waals surface area contributed by atoms with Gasteiger partial charge in [-0.3, -0.25) is 0 Å². The fourth-order valence-electron chi connectivity index (χ4n) is 2.52. The van der Waals surface area contributed by atoms with Crippen molar-refractivity contribution in [2.45, 2.75) is 53.4 Å². The minimum Gasteiger partial charge on any atom is -0.368 e. The van der Waals surface area contributed by atoms with E-state index in [1.54, 1.807) is 0 Å². The van der Waals surface area contributed by atoms with Crippen molar-refractivity contribution in [1.82, 2.24) is 9.97 Å². The molecule has 0 bridgehead atoms. The number of para-hydroxylation sites is 2. The predicted octanol–water partition coefficient (Wildman–Crippen LogP) is 4.96. The Bertz CT molecular complexity index is 590. The van der Waals surface area contributed by atoms with Crippen molar-refractivity contribution in [3.63, 3.8) is 0 Å². The minimum absolute atomic E-state index is 0.287. The molecule has 0 aliphatic carbocycles. The van der Waals surface area contributed by atoms with Gasteiger partial charge in [0.05, 0.1) is 16.7 Å². The van der Waals surface area contributed by atoms with Gasteiger partial charge in [0, 0.05) is 6.54 Å². The normalized spacial score (nSPS) is 11.8. The fraction of sp³-hybridized carbons (Fsp3) is 0.556. The molecule has 0 radical (unpaired) electrons. The Kier molecular flexibility index (Phi) is 5.16. The predicted molar refractivity (Wildman–Crippen MR) is 90.7 cm³/mol. The molecule has 1 aromatic carbocycles. The number of hydrogen-bond donors (Lipinski definition) is 1. The lowest BCUT2D eigenvalue weighted by Gasteiger charge is -2.25. The van der Waals surface area contributed by atoms with Crippen LogP contribution in [0.4, 0.5) is 5.82 Å². The zero-order valence-corrected chi connectivity index (χ0v) is 13.7. The molecule has 3 heteroatoms. The molecule has 0 atom stereocenters. The Hall–Kier alpha value is -1.64. The lowest BCUT2D eigenvalue weighted by molar-refractivity contribution is 0.342. The van der Waals surface area contributed by atoms with Crippen LogP contribution in [0.15, 0.2) is 24.3 Å². The second kappa shape index (κ2) is 6.88. The molecule has 0 aliphatic heterocycles. The smallest absolute Gasteiger partial charge is 0.148 e. The van der Waals surface area contributed by atoms with E-state index in [0.717, 1.165) is 29.1 Å². The summed E-state index contributed by atoms with van der Waals surface area (Å²) in [6.07, 6.45) is 5.14. The van der Waals surface area contributed by atoms with Gasteiger partial charge in [0.15, 0.2) is 0 Å². The maximum atomic E-state index is 4.70. The zero-order valence-electron chi connectivity index (χ0n) is 13.7. The molecule has 21 heavy (non-hydrogen) atoms. The van der Waals surface area contributed by atoms with Crippen molar-refractivity contribution < 1.29 is 0 Å². The Morgan fingerprint density at radius 3 is 2.38 bits per heavy atom. The summed E-state index contributed by atoms with van der Waals surface area (Å²) < 4.78 is 0. The van der Waals surface area contributed by atoms with Crippen LogP contribution in [0, 0.1) is 12.3 Å². The van der Waals surface area contributed by atoms with Gasteiger partial charge in [0.25, 0.3) is 0 Å². The lowest BCUT2D eigenvalue weighted by Crippen LogP contribution is -2.24. The highest BCUT2D eigenvalue weighted by Gasteiger charge is 2.18. The molecule has 114 valence electrons. The van der Waals surface area contributed by atoms with Crippen LogP contribution in [-0.4, -0.2) is 16.5 Å². The number of nitrogens with zero attached hydrogens (tertiary/aromatic N) is 2. The number of hydrogen-bond acceptors (Lipinski definition) is 3. The van der Waals surface area contributed by atoms with E-state index in [1.165, 1.54) is 25.7 Å². The van der Waals surface area contributed by atoms with E-state index < -0.39 is 0 Å². The third-order valence-electron chi connectivity index (χ3n) is 3.94. The first-order valence-corrected chi connectivity index (χ1v) is 7.99. The van der Waals surface area contributed by atoms with E-state index in [0.29, 0.717) is 0 Å². The van der Waals surface area contributed by atoms with Crippen LogP contribution in [0.1, 0.15) is 52.1 Å². The van der Waals surface area contributed by atoms with Gasteiger partial charge in [-0.2, -0.15) is 0 Å². The van der Waals surface area contributed by atoms with Crippen LogP contribution in [0.5, 0.6) is 0 Å². The summed E-state index contributed by atoms with van der Waals surface area (Å²) in [5, 5.41) is 3.50. The largest absolute Gasteiger partial charge is 0.368 e. The lowest BCUT2D eigenvalue weighted by atomic mass is 9.87. The second-order valence-electron chi connectivity index (χ2n) is 6.62. The molecular formula is C18H27N3. The summed E-state index contributed by atoms with van der Waals surface area (Å²) in [4.78, 5) is 9.33. The van der Waals surface area contributed by atoms with E-state index >= 15 is 0 Å². The summed E-state index contributed by atoms with van der Waals surface area (Å²) in [6.45, 7) is 9.84. The molecule has 1 aromatic heterocycles. The van der Waals surface area contributed by atoms with E-state index in [9.17, 15) is 0 Å². The third-order valence-corrected chi connectivity index (χ3v) is 3.94. The van der Waals surface area contributed by atoms with Crippen LogP contribution >= 0.6 is 0 Å². The average molecular weight is 285 g/mol. The highest BCUT2D eigenvalue weighted by Crippen LogP contribution is 2.25. The van der Waals surface area contributed by atoms with Crippen molar-refractivity contribution in [2.24, 2.45) is 5.41 Å². The summed E-state index contributed by atoms with van der Waals surface area (Å²) in [6, 6.07) is 8.03. The molecule has 2 aromatic rings. The highest BCUT2D eigenvalue weighted by atomic mass is 15.0. The molecular weight excluding hydrogens is 258 g/mol. The molecule has 0 aliphatic rings. The molecule has 0 saturated heterocycles. The Morgan fingerprint density at radius 1 is 1.05 bits per heavy atom. The molecule has 0 spiro atoms. The fourth-order valence-corrected chi connectivity index (χ4v) is 2.52. The maximum absolute atomic E-state index is 4.70. The molecule has 0 amide bonds. The van der Waals surface area contributed by atoms with Gasteiger partial charge in [-0.15, -0.1) is 0 Å². The zero-order chi connectivity index (χ0) is 15.3. The average Bonchev–Trinajstić information content (AvgIpc) is 2.45. The van der Waals surface area contributed by atoms with Crippen LogP contribution in [0.2, 0.25) is 0 Å². The van der Waals surface area contributed by atoms with E-state index in [-0.39, 0.29) is 5.41 Å². The molecule has 0 unspecified atom stereocenters. The number of aromatic nitrogens is 2.